The monoisotopic (exact) mass is 140 g/mol. The van der Waals surface area contributed by atoms with Gasteiger partial charge in [0.15, 0.2) is 5.78 Å². The first-order valence-electron chi connectivity index (χ1n) is 3.05. The van der Waals surface area contributed by atoms with E-state index in [4.69, 9.17) is 5.11 Å². The second-order valence-corrected chi connectivity index (χ2v) is 2.47. The molecule has 3 heteroatoms. The quantitative estimate of drug-likeness (QED) is 0.543. The number of carbonyl (C=O) groups excluding carboxylic acids is 1. The number of carbonyl (C=O) groups is 2. The van der Waals surface area contributed by atoms with Crippen LogP contribution in [0.3, 0.4) is 0 Å². The molecule has 0 radical (unpaired) electrons. The highest BCUT2D eigenvalue weighted by Gasteiger charge is 2.30. The summed E-state index contributed by atoms with van der Waals surface area (Å²) in [7, 11) is 0. The van der Waals surface area contributed by atoms with Crippen LogP contribution in [-0.4, -0.2) is 16.9 Å². The molecule has 0 aromatic carbocycles. The molecule has 0 aromatic heterocycles. The minimum atomic E-state index is -0.896. The molecule has 54 valence electrons. The molecule has 0 heterocycles. The molecular formula is C7H8O3. The number of allylic oxidation sites excluding steroid dienone is 1. The van der Waals surface area contributed by atoms with Crippen LogP contribution < -0.4 is 0 Å². The number of hydrogen-bond donors (Lipinski definition) is 1. The van der Waals surface area contributed by atoms with E-state index in [0.29, 0.717) is 12.0 Å². The first-order valence-corrected chi connectivity index (χ1v) is 3.05. The number of carboxylic acids is 1. The Morgan fingerprint density at radius 1 is 1.60 bits per heavy atom. The van der Waals surface area contributed by atoms with E-state index in [0.717, 1.165) is 0 Å². The van der Waals surface area contributed by atoms with E-state index >= 15 is 0 Å². The van der Waals surface area contributed by atoms with Crippen LogP contribution in [-0.2, 0) is 9.59 Å². The molecule has 1 fully saturated rings. The Kier molecular flexibility index (Phi) is 1.57. The van der Waals surface area contributed by atoms with Crippen LogP contribution in [0, 0.1) is 5.92 Å². The van der Waals surface area contributed by atoms with E-state index in [-0.39, 0.29) is 12.2 Å². The van der Waals surface area contributed by atoms with Crippen molar-refractivity contribution in [2.24, 2.45) is 5.92 Å². The highest BCUT2D eigenvalue weighted by molar-refractivity contribution is 6.00. The molecule has 1 N–H and O–H groups in total. The lowest BCUT2D eigenvalue weighted by Gasteiger charge is -1.96. The molecular weight excluding hydrogens is 132 g/mol. The Labute approximate surface area is 58.4 Å². The molecule has 0 saturated heterocycles. The van der Waals surface area contributed by atoms with Gasteiger partial charge in [-0.25, -0.2) is 0 Å². The second kappa shape index (κ2) is 2.25. The van der Waals surface area contributed by atoms with Gasteiger partial charge in [0.05, 0.1) is 5.92 Å². The predicted molar refractivity (Wildman–Crippen MR) is 34.5 cm³/mol. The smallest absolute Gasteiger partial charge is 0.307 e. The number of hydrogen-bond acceptors (Lipinski definition) is 2. The van der Waals surface area contributed by atoms with Crippen molar-refractivity contribution in [3.05, 3.63) is 12.2 Å². The van der Waals surface area contributed by atoms with E-state index < -0.39 is 11.9 Å². The summed E-state index contributed by atoms with van der Waals surface area (Å²) in [4.78, 5) is 21.0. The van der Waals surface area contributed by atoms with E-state index in [1.807, 2.05) is 0 Å². The molecule has 0 unspecified atom stereocenters. The summed E-state index contributed by atoms with van der Waals surface area (Å²) in [5.41, 5.74) is 0.451. The number of rotatable bonds is 1. The molecule has 10 heavy (non-hydrogen) atoms. The summed E-state index contributed by atoms with van der Waals surface area (Å²) < 4.78 is 0. The zero-order valence-electron chi connectivity index (χ0n) is 5.46. The third-order valence-corrected chi connectivity index (χ3v) is 1.67. The summed E-state index contributed by atoms with van der Waals surface area (Å²) in [6.45, 7) is 3.45. The molecule has 1 atom stereocenters. The lowest BCUT2D eigenvalue weighted by atomic mass is 10.1. The van der Waals surface area contributed by atoms with Crippen LogP contribution in [0.25, 0.3) is 0 Å². The zero-order valence-corrected chi connectivity index (χ0v) is 5.46. The van der Waals surface area contributed by atoms with Crippen molar-refractivity contribution in [3.63, 3.8) is 0 Å². The van der Waals surface area contributed by atoms with E-state index in [1.165, 1.54) is 0 Å². The largest absolute Gasteiger partial charge is 0.481 e. The van der Waals surface area contributed by atoms with Gasteiger partial charge in [0.2, 0.25) is 0 Å². The highest BCUT2D eigenvalue weighted by Crippen LogP contribution is 2.25. The van der Waals surface area contributed by atoms with Gasteiger partial charge in [0, 0.05) is 6.42 Å². The first-order chi connectivity index (χ1) is 4.61. The molecule has 1 aliphatic rings. The third-order valence-electron chi connectivity index (χ3n) is 1.67. The predicted octanol–water partition coefficient (Wildman–Crippen LogP) is 0.606. The summed E-state index contributed by atoms with van der Waals surface area (Å²) >= 11 is 0. The Hall–Kier alpha value is -1.12. The van der Waals surface area contributed by atoms with E-state index in [2.05, 4.69) is 6.58 Å². The van der Waals surface area contributed by atoms with Crippen molar-refractivity contribution in [3.8, 4) is 0 Å². The van der Waals surface area contributed by atoms with E-state index in [1.54, 1.807) is 0 Å². The minimum absolute atomic E-state index is 0.104. The van der Waals surface area contributed by atoms with Crippen molar-refractivity contribution in [1.82, 2.24) is 0 Å². The maximum atomic E-state index is 10.7. The molecule has 1 saturated carbocycles. The van der Waals surface area contributed by atoms with Crippen molar-refractivity contribution in [1.29, 1.82) is 0 Å². The molecule has 0 bridgehead atoms. The average Bonchev–Trinajstić information content (AvgIpc) is 2.13. The second-order valence-electron chi connectivity index (χ2n) is 2.47. The van der Waals surface area contributed by atoms with Crippen LogP contribution in [0.4, 0.5) is 0 Å². The normalized spacial score (nSPS) is 25.4. The lowest BCUT2D eigenvalue weighted by Crippen LogP contribution is -2.09. The number of Topliss-reactive ketones (excluding diaryl/α,β-unsaturated/α-hetero) is 1. The van der Waals surface area contributed by atoms with Gasteiger partial charge in [-0.3, -0.25) is 9.59 Å². The van der Waals surface area contributed by atoms with Gasteiger partial charge in [-0.2, -0.15) is 0 Å². The van der Waals surface area contributed by atoms with Crippen molar-refractivity contribution >= 4 is 11.8 Å². The van der Waals surface area contributed by atoms with Gasteiger partial charge in [0.25, 0.3) is 0 Å². The third kappa shape index (κ3) is 1.07. The van der Waals surface area contributed by atoms with Crippen LogP contribution >= 0.6 is 0 Å². The average molecular weight is 140 g/mol. The van der Waals surface area contributed by atoms with Gasteiger partial charge in [0.1, 0.15) is 0 Å². The number of aliphatic carboxylic acids is 1. The molecule has 0 aromatic rings. The van der Waals surface area contributed by atoms with Crippen molar-refractivity contribution in [2.45, 2.75) is 12.8 Å². The fraction of sp³-hybridized carbons (Fsp3) is 0.429. The first kappa shape index (κ1) is 6.99. The van der Waals surface area contributed by atoms with Gasteiger partial charge in [-0.15, -0.1) is 0 Å². The van der Waals surface area contributed by atoms with Crippen LogP contribution in [0.5, 0.6) is 0 Å². The summed E-state index contributed by atoms with van der Waals surface area (Å²) in [5.74, 6) is -1.51. The maximum Gasteiger partial charge on any atom is 0.307 e. The molecule has 1 aliphatic carbocycles. The summed E-state index contributed by atoms with van der Waals surface area (Å²) in [6, 6.07) is 0. The van der Waals surface area contributed by atoms with Gasteiger partial charge >= 0.3 is 5.97 Å². The summed E-state index contributed by atoms with van der Waals surface area (Å²) in [6.07, 6.45) is 0.461. The molecule has 0 amide bonds. The zero-order chi connectivity index (χ0) is 7.72. The number of carboxylic acid groups (broad SMARTS) is 1. The van der Waals surface area contributed by atoms with Gasteiger partial charge in [-0.1, -0.05) is 6.58 Å². The van der Waals surface area contributed by atoms with Crippen molar-refractivity contribution < 1.29 is 14.7 Å². The topological polar surface area (TPSA) is 54.4 Å². The van der Waals surface area contributed by atoms with Crippen LogP contribution in [0.1, 0.15) is 12.8 Å². The van der Waals surface area contributed by atoms with E-state index in [9.17, 15) is 9.59 Å². The maximum absolute atomic E-state index is 10.7. The molecule has 1 rings (SSSR count). The van der Waals surface area contributed by atoms with Gasteiger partial charge in [-0.05, 0) is 12.0 Å². The lowest BCUT2D eigenvalue weighted by molar-refractivity contribution is -0.142. The van der Waals surface area contributed by atoms with Crippen LogP contribution in [0.2, 0.25) is 0 Å². The fourth-order valence-electron chi connectivity index (χ4n) is 1.03. The van der Waals surface area contributed by atoms with Crippen molar-refractivity contribution in [2.75, 3.05) is 0 Å². The number of ketones is 1. The molecule has 0 spiro atoms. The summed E-state index contributed by atoms with van der Waals surface area (Å²) in [5, 5.41) is 8.46. The molecule has 0 aliphatic heterocycles. The SMILES string of the molecule is C=C1C[C@@H](C(=O)O)CC1=O. The standard InChI is InChI=1S/C7H8O3/c1-4-2-5(7(9)10)3-6(4)8/h5H,1-3H2,(H,9,10)/t5-/m1/s1. The highest BCUT2D eigenvalue weighted by atomic mass is 16.4. The Balaban J connectivity index is 2.66. The van der Waals surface area contributed by atoms with Crippen LogP contribution in [0.15, 0.2) is 12.2 Å². The Bertz CT molecular complexity index is 189. The fourth-order valence-corrected chi connectivity index (χ4v) is 1.03. The Morgan fingerprint density at radius 3 is 2.40 bits per heavy atom. The molecule has 3 nitrogen and oxygen atoms in total. The minimum Gasteiger partial charge on any atom is -0.481 e. The Morgan fingerprint density at radius 2 is 2.20 bits per heavy atom. The van der Waals surface area contributed by atoms with Gasteiger partial charge < -0.3 is 5.11 Å².